The lowest BCUT2D eigenvalue weighted by molar-refractivity contribution is 0.356. The van der Waals surface area contributed by atoms with Gasteiger partial charge in [-0.05, 0) is 25.1 Å². The molecule has 0 aliphatic carbocycles. The van der Waals surface area contributed by atoms with Gasteiger partial charge in [0, 0.05) is 12.6 Å². The molecule has 0 spiro atoms. The number of phenolic OH excluding ortho intramolecular Hbond substituents is 1. The molecule has 19 heavy (non-hydrogen) atoms. The van der Waals surface area contributed by atoms with Crippen LogP contribution in [-0.2, 0) is 19.9 Å². The molecule has 0 saturated carbocycles. The Hall–Kier alpha value is -1.12. The van der Waals surface area contributed by atoms with Gasteiger partial charge in [-0.2, -0.15) is 4.31 Å². The van der Waals surface area contributed by atoms with E-state index in [1.54, 1.807) is 6.92 Å². The lowest BCUT2D eigenvalue weighted by Crippen LogP contribution is -2.49. The zero-order chi connectivity index (χ0) is 14.3. The molecule has 6 nitrogen and oxygen atoms in total. The zero-order valence-corrected chi connectivity index (χ0v) is 12.0. The molecule has 1 unspecified atom stereocenters. The second-order valence-electron chi connectivity index (χ2n) is 4.58. The van der Waals surface area contributed by atoms with Gasteiger partial charge in [-0.3, -0.25) is 0 Å². The highest BCUT2D eigenvalue weighted by molar-refractivity contribution is 7.92. The summed E-state index contributed by atoms with van der Waals surface area (Å²) in [6.07, 6.45) is 0. The molecule has 2 rings (SSSR count). The number of aromatic hydroxyl groups is 1. The van der Waals surface area contributed by atoms with Gasteiger partial charge in [0.2, 0.25) is 10.0 Å². The second kappa shape index (κ2) is 4.77. The quantitative estimate of drug-likeness (QED) is 0.842. The Labute approximate surface area is 112 Å². The number of sulfone groups is 1. The van der Waals surface area contributed by atoms with Crippen molar-refractivity contribution in [3.05, 3.63) is 24.3 Å². The molecular weight excluding hydrogens is 290 g/mol. The SMILES string of the molecule is CC1CS(=O)(=O)CCN1S(=O)(=O)c1cccc(O)c1. The van der Waals surface area contributed by atoms with Crippen LogP contribution in [0.4, 0.5) is 0 Å². The Morgan fingerprint density at radius 3 is 2.63 bits per heavy atom. The third-order valence-corrected chi connectivity index (χ3v) is 6.84. The molecule has 1 fully saturated rings. The lowest BCUT2D eigenvalue weighted by atomic mass is 10.3. The van der Waals surface area contributed by atoms with Gasteiger partial charge < -0.3 is 5.11 Å². The first-order valence-electron chi connectivity index (χ1n) is 5.74. The van der Waals surface area contributed by atoms with Crippen LogP contribution in [0.1, 0.15) is 6.92 Å². The first-order valence-corrected chi connectivity index (χ1v) is 9.00. The molecule has 0 radical (unpaired) electrons. The van der Waals surface area contributed by atoms with Crippen LogP contribution in [0, 0.1) is 0 Å². The number of hydrogen-bond acceptors (Lipinski definition) is 5. The Kier molecular flexibility index (Phi) is 3.59. The average molecular weight is 305 g/mol. The van der Waals surface area contributed by atoms with E-state index in [-0.39, 0.29) is 28.7 Å². The van der Waals surface area contributed by atoms with Crippen molar-refractivity contribution in [3.8, 4) is 5.75 Å². The number of hydrogen-bond donors (Lipinski definition) is 1. The van der Waals surface area contributed by atoms with Crippen LogP contribution in [0.5, 0.6) is 5.75 Å². The van der Waals surface area contributed by atoms with Crippen LogP contribution < -0.4 is 0 Å². The fourth-order valence-electron chi connectivity index (χ4n) is 2.12. The highest BCUT2D eigenvalue weighted by atomic mass is 32.2. The summed E-state index contributed by atoms with van der Waals surface area (Å²) in [5, 5.41) is 9.34. The molecule has 1 heterocycles. The third-order valence-electron chi connectivity index (χ3n) is 3.03. The molecule has 0 amide bonds. The molecule has 1 saturated heterocycles. The maximum atomic E-state index is 12.4. The van der Waals surface area contributed by atoms with Gasteiger partial charge in [0.15, 0.2) is 9.84 Å². The van der Waals surface area contributed by atoms with Crippen LogP contribution in [0.3, 0.4) is 0 Å². The topological polar surface area (TPSA) is 91.8 Å². The molecule has 1 N–H and O–H groups in total. The van der Waals surface area contributed by atoms with Crippen molar-refractivity contribution >= 4 is 19.9 Å². The minimum absolute atomic E-state index is 0.0290. The first-order chi connectivity index (χ1) is 8.72. The van der Waals surface area contributed by atoms with E-state index in [0.29, 0.717) is 0 Å². The third kappa shape index (κ3) is 2.90. The van der Waals surface area contributed by atoms with Crippen molar-refractivity contribution < 1.29 is 21.9 Å². The fraction of sp³-hybridized carbons (Fsp3) is 0.455. The molecule has 106 valence electrons. The van der Waals surface area contributed by atoms with Crippen molar-refractivity contribution in [3.63, 3.8) is 0 Å². The van der Waals surface area contributed by atoms with Crippen molar-refractivity contribution in [2.75, 3.05) is 18.1 Å². The summed E-state index contributed by atoms with van der Waals surface area (Å²) in [6, 6.07) is 4.75. The standard InChI is InChI=1S/C11H15NO5S2/c1-9-8-18(14,15)6-5-12(9)19(16,17)11-4-2-3-10(13)7-11/h2-4,7,9,13H,5-6,8H2,1H3. The predicted octanol–water partition coefficient (Wildman–Crippen LogP) is 0.200. The first kappa shape index (κ1) is 14.3. The minimum Gasteiger partial charge on any atom is -0.508 e. The lowest BCUT2D eigenvalue weighted by Gasteiger charge is -2.32. The van der Waals surface area contributed by atoms with Gasteiger partial charge in [0.1, 0.15) is 5.75 Å². The van der Waals surface area contributed by atoms with Crippen LogP contribution >= 0.6 is 0 Å². The summed E-state index contributed by atoms with van der Waals surface area (Å²) in [5.41, 5.74) is 0. The predicted molar refractivity (Wildman–Crippen MR) is 70.1 cm³/mol. The Morgan fingerprint density at radius 1 is 1.37 bits per heavy atom. The van der Waals surface area contributed by atoms with E-state index in [1.807, 2.05) is 0 Å². The fourth-order valence-corrected chi connectivity index (χ4v) is 5.56. The highest BCUT2D eigenvalue weighted by Gasteiger charge is 2.36. The van der Waals surface area contributed by atoms with Gasteiger partial charge in [-0.15, -0.1) is 0 Å². The van der Waals surface area contributed by atoms with Crippen LogP contribution in [0.2, 0.25) is 0 Å². The van der Waals surface area contributed by atoms with Crippen LogP contribution in [0.25, 0.3) is 0 Å². The molecule has 8 heteroatoms. The molecule has 1 aromatic rings. The van der Waals surface area contributed by atoms with E-state index in [1.165, 1.54) is 22.5 Å². The number of nitrogens with zero attached hydrogens (tertiary/aromatic N) is 1. The summed E-state index contributed by atoms with van der Waals surface area (Å²) in [5.74, 6) is -0.487. The molecule has 1 aliphatic heterocycles. The maximum absolute atomic E-state index is 12.4. The second-order valence-corrected chi connectivity index (χ2v) is 8.70. The van der Waals surface area contributed by atoms with E-state index in [9.17, 15) is 21.9 Å². The average Bonchev–Trinajstić information content (AvgIpc) is 2.27. The smallest absolute Gasteiger partial charge is 0.243 e. The van der Waals surface area contributed by atoms with E-state index in [4.69, 9.17) is 0 Å². The van der Waals surface area contributed by atoms with E-state index in [0.717, 1.165) is 6.07 Å². The highest BCUT2D eigenvalue weighted by Crippen LogP contribution is 2.24. The Morgan fingerprint density at radius 2 is 2.05 bits per heavy atom. The Bertz CT molecular complexity index is 681. The molecule has 0 bridgehead atoms. The Balaban J connectivity index is 2.36. The molecule has 1 aliphatic rings. The maximum Gasteiger partial charge on any atom is 0.243 e. The molecular formula is C11H15NO5S2. The monoisotopic (exact) mass is 305 g/mol. The molecule has 1 aromatic carbocycles. The van der Waals surface area contributed by atoms with E-state index >= 15 is 0 Å². The van der Waals surface area contributed by atoms with Crippen LogP contribution in [0.15, 0.2) is 29.2 Å². The van der Waals surface area contributed by atoms with Crippen LogP contribution in [-0.4, -0.2) is 50.3 Å². The van der Waals surface area contributed by atoms with Crippen molar-refractivity contribution in [1.82, 2.24) is 4.31 Å². The van der Waals surface area contributed by atoms with E-state index in [2.05, 4.69) is 0 Å². The van der Waals surface area contributed by atoms with Gasteiger partial charge in [0.25, 0.3) is 0 Å². The van der Waals surface area contributed by atoms with Gasteiger partial charge in [-0.25, -0.2) is 16.8 Å². The van der Waals surface area contributed by atoms with Crippen molar-refractivity contribution in [1.29, 1.82) is 0 Å². The summed E-state index contributed by atoms with van der Waals surface area (Å²) >= 11 is 0. The molecule has 0 aromatic heterocycles. The van der Waals surface area contributed by atoms with Crippen molar-refractivity contribution in [2.24, 2.45) is 0 Å². The van der Waals surface area contributed by atoms with Gasteiger partial charge >= 0.3 is 0 Å². The summed E-state index contributed by atoms with van der Waals surface area (Å²) in [7, 11) is -6.95. The largest absolute Gasteiger partial charge is 0.508 e. The summed E-state index contributed by atoms with van der Waals surface area (Å²) in [6.45, 7) is 1.51. The minimum atomic E-state index is -3.78. The van der Waals surface area contributed by atoms with E-state index < -0.39 is 25.9 Å². The summed E-state index contributed by atoms with van der Waals surface area (Å²) in [4.78, 5) is -0.0290. The number of phenols is 1. The van der Waals surface area contributed by atoms with Gasteiger partial charge in [0.05, 0.1) is 16.4 Å². The van der Waals surface area contributed by atoms with Crippen molar-refractivity contribution in [2.45, 2.75) is 17.9 Å². The number of benzene rings is 1. The normalized spacial score (nSPS) is 24.2. The summed E-state index contributed by atoms with van der Waals surface area (Å²) < 4.78 is 48.9. The zero-order valence-electron chi connectivity index (χ0n) is 10.4. The number of rotatable bonds is 2. The number of sulfonamides is 1. The van der Waals surface area contributed by atoms with Gasteiger partial charge in [-0.1, -0.05) is 6.07 Å². The molecule has 1 atom stereocenters.